The van der Waals surface area contributed by atoms with Gasteiger partial charge >= 0.3 is 5.97 Å². The van der Waals surface area contributed by atoms with Gasteiger partial charge in [0.25, 0.3) is 0 Å². The van der Waals surface area contributed by atoms with Crippen molar-refractivity contribution in [2.24, 2.45) is 0 Å². The number of benzene rings is 1. The van der Waals surface area contributed by atoms with Gasteiger partial charge in [0, 0.05) is 28.7 Å². The highest BCUT2D eigenvalue weighted by atomic mass is 16.4. The number of aryl methyl sites for hydroxylation is 2. The summed E-state index contributed by atoms with van der Waals surface area (Å²) in [6, 6.07) is 3.56. The molecule has 102 valence electrons. The van der Waals surface area contributed by atoms with Crippen LogP contribution in [-0.4, -0.2) is 20.7 Å². The first-order valence-electron chi connectivity index (χ1n) is 6.43. The van der Waals surface area contributed by atoms with E-state index >= 15 is 0 Å². The standard InChI is InChI=1S/C15H19NO3/c1-5-16-9(3)14(10(4)17)12-6-8(2)11(15(18)19)7-13(12)16/h6-7,10,17H,5H2,1-4H3,(H,18,19). The van der Waals surface area contributed by atoms with Crippen molar-refractivity contribution >= 4 is 16.9 Å². The number of carboxylic acids is 1. The zero-order valence-corrected chi connectivity index (χ0v) is 11.7. The minimum absolute atomic E-state index is 0.317. The Bertz CT molecular complexity index is 653. The van der Waals surface area contributed by atoms with Crippen LogP contribution in [0.2, 0.25) is 0 Å². The third-order valence-electron chi connectivity index (χ3n) is 3.68. The molecule has 0 saturated heterocycles. The largest absolute Gasteiger partial charge is 0.478 e. The number of aliphatic hydroxyl groups excluding tert-OH is 1. The average molecular weight is 261 g/mol. The van der Waals surface area contributed by atoms with Gasteiger partial charge in [-0.15, -0.1) is 0 Å². The number of fused-ring (bicyclic) bond motifs is 1. The highest BCUT2D eigenvalue weighted by Gasteiger charge is 2.19. The summed E-state index contributed by atoms with van der Waals surface area (Å²) in [5.74, 6) is -0.917. The molecule has 1 unspecified atom stereocenters. The van der Waals surface area contributed by atoms with Crippen molar-refractivity contribution in [3.63, 3.8) is 0 Å². The number of hydrogen-bond donors (Lipinski definition) is 2. The zero-order valence-electron chi connectivity index (χ0n) is 11.7. The van der Waals surface area contributed by atoms with Crippen LogP contribution in [0.3, 0.4) is 0 Å². The van der Waals surface area contributed by atoms with E-state index in [9.17, 15) is 15.0 Å². The topological polar surface area (TPSA) is 62.5 Å². The van der Waals surface area contributed by atoms with Crippen molar-refractivity contribution in [2.45, 2.75) is 40.3 Å². The van der Waals surface area contributed by atoms with Gasteiger partial charge in [-0.2, -0.15) is 0 Å². The molecule has 1 atom stereocenters. The number of aliphatic hydroxyl groups is 1. The number of carbonyl (C=O) groups is 1. The second-order valence-electron chi connectivity index (χ2n) is 4.91. The smallest absolute Gasteiger partial charge is 0.336 e. The summed E-state index contributed by atoms with van der Waals surface area (Å²) in [4.78, 5) is 11.2. The first-order valence-corrected chi connectivity index (χ1v) is 6.43. The molecule has 0 fully saturated rings. The Morgan fingerprint density at radius 2 is 2.00 bits per heavy atom. The second-order valence-corrected chi connectivity index (χ2v) is 4.91. The van der Waals surface area contributed by atoms with Gasteiger partial charge in [0.15, 0.2) is 0 Å². The summed E-state index contributed by atoms with van der Waals surface area (Å²) >= 11 is 0. The van der Waals surface area contributed by atoms with E-state index in [4.69, 9.17) is 0 Å². The molecule has 0 aliphatic rings. The van der Waals surface area contributed by atoms with Crippen LogP contribution >= 0.6 is 0 Å². The fourth-order valence-corrected chi connectivity index (χ4v) is 2.82. The van der Waals surface area contributed by atoms with Gasteiger partial charge < -0.3 is 14.8 Å². The molecule has 0 radical (unpaired) electrons. The van der Waals surface area contributed by atoms with Crippen LogP contribution in [0, 0.1) is 13.8 Å². The molecule has 2 N–H and O–H groups in total. The second kappa shape index (κ2) is 4.70. The predicted octanol–water partition coefficient (Wildman–Crippen LogP) is 3.03. The Morgan fingerprint density at radius 3 is 2.47 bits per heavy atom. The monoisotopic (exact) mass is 261 g/mol. The third-order valence-corrected chi connectivity index (χ3v) is 3.68. The lowest BCUT2D eigenvalue weighted by Crippen LogP contribution is -2.01. The number of hydrogen-bond acceptors (Lipinski definition) is 2. The van der Waals surface area contributed by atoms with Crippen molar-refractivity contribution in [3.05, 3.63) is 34.5 Å². The van der Waals surface area contributed by atoms with Crippen LogP contribution < -0.4 is 0 Å². The summed E-state index contributed by atoms with van der Waals surface area (Å²) in [5.41, 5.74) is 3.79. The molecular weight excluding hydrogens is 242 g/mol. The number of rotatable bonds is 3. The maximum Gasteiger partial charge on any atom is 0.336 e. The Hall–Kier alpha value is -1.81. The molecule has 1 aromatic heterocycles. The fraction of sp³-hybridized carbons (Fsp3) is 0.400. The van der Waals surface area contributed by atoms with Crippen LogP contribution in [0.25, 0.3) is 10.9 Å². The molecule has 0 spiro atoms. The Kier molecular flexibility index (Phi) is 3.37. The maximum absolute atomic E-state index is 11.2. The molecule has 2 aromatic rings. The molecule has 0 bridgehead atoms. The summed E-state index contributed by atoms with van der Waals surface area (Å²) in [6.45, 7) is 8.24. The molecular formula is C15H19NO3. The summed E-state index contributed by atoms with van der Waals surface area (Å²) in [7, 11) is 0. The Labute approximate surface area is 112 Å². The van der Waals surface area contributed by atoms with Gasteiger partial charge in [-0.05, 0) is 45.4 Å². The fourth-order valence-electron chi connectivity index (χ4n) is 2.82. The molecule has 2 rings (SSSR count). The molecule has 19 heavy (non-hydrogen) atoms. The lowest BCUT2D eigenvalue weighted by molar-refractivity contribution is 0.0696. The van der Waals surface area contributed by atoms with Crippen molar-refractivity contribution in [1.82, 2.24) is 4.57 Å². The van der Waals surface area contributed by atoms with Gasteiger partial charge in [0.1, 0.15) is 0 Å². The van der Waals surface area contributed by atoms with Crippen molar-refractivity contribution in [2.75, 3.05) is 0 Å². The van der Waals surface area contributed by atoms with Crippen LogP contribution in [0.1, 0.15) is 47.1 Å². The van der Waals surface area contributed by atoms with Crippen LogP contribution in [-0.2, 0) is 6.54 Å². The first kappa shape index (κ1) is 13.6. The normalized spacial score (nSPS) is 12.9. The quantitative estimate of drug-likeness (QED) is 0.892. The number of nitrogens with zero attached hydrogens (tertiary/aromatic N) is 1. The molecule has 1 heterocycles. The molecule has 1 aromatic carbocycles. The lowest BCUT2D eigenvalue weighted by Gasteiger charge is -2.06. The van der Waals surface area contributed by atoms with Crippen LogP contribution in [0.4, 0.5) is 0 Å². The van der Waals surface area contributed by atoms with Crippen LogP contribution in [0.5, 0.6) is 0 Å². The van der Waals surface area contributed by atoms with E-state index < -0.39 is 12.1 Å². The first-order chi connectivity index (χ1) is 8.88. The molecule has 0 saturated carbocycles. The van der Waals surface area contributed by atoms with E-state index in [2.05, 4.69) is 0 Å². The predicted molar refractivity (Wildman–Crippen MR) is 74.7 cm³/mol. The van der Waals surface area contributed by atoms with E-state index in [-0.39, 0.29) is 0 Å². The van der Waals surface area contributed by atoms with Crippen molar-refractivity contribution in [3.8, 4) is 0 Å². The van der Waals surface area contributed by atoms with Gasteiger partial charge in [-0.3, -0.25) is 0 Å². The molecule has 0 amide bonds. The highest BCUT2D eigenvalue weighted by molar-refractivity contribution is 5.97. The van der Waals surface area contributed by atoms with Crippen molar-refractivity contribution in [1.29, 1.82) is 0 Å². The van der Waals surface area contributed by atoms with Gasteiger partial charge in [0.2, 0.25) is 0 Å². The Balaban J connectivity index is 2.90. The number of aromatic nitrogens is 1. The van der Waals surface area contributed by atoms with Gasteiger partial charge in [0.05, 0.1) is 11.7 Å². The summed E-state index contributed by atoms with van der Waals surface area (Å²) < 4.78 is 2.04. The molecule has 4 nitrogen and oxygen atoms in total. The SMILES string of the molecule is CCn1c(C)c(C(C)O)c2cc(C)c(C(=O)O)cc21. The van der Waals surface area contributed by atoms with E-state index in [1.165, 1.54) is 0 Å². The van der Waals surface area contributed by atoms with Crippen molar-refractivity contribution < 1.29 is 15.0 Å². The summed E-state index contributed by atoms with van der Waals surface area (Å²) in [6.07, 6.45) is -0.564. The molecule has 0 aliphatic heterocycles. The highest BCUT2D eigenvalue weighted by Crippen LogP contribution is 2.32. The minimum atomic E-state index is -0.917. The van der Waals surface area contributed by atoms with Crippen LogP contribution in [0.15, 0.2) is 12.1 Å². The zero-order chi connectivity index (χ0) is 14.3. The van der Waals surface area contributed by atoms with E-state index in [1.807, 2.05) is 24.5 Å². The van der Waals surface area contributed by atoms with Gasteiger partial charge in [-0.25, -0.2) is 4.79 Å². The van der Waals surface area contributed by atoms with Gasteiger partial charge in [-0.1, -0.05) is 0 Å². The third kappa shape index (κ3) is 2.02. The average Bonchev–Trinajstić information content (AvgIpc) is 2.58. The van der Waals surface area contributed by atoms with E-state index in [1.54, 1.807) is 19.9 Å². The number of carboxylic acid groups (broad SMARTS) is 1. The lowest BCUT2D eigenvalue weighted by atomic mass is 10.0. The molecule has 0 aliphatic carbocycles. The Morgan fingerprint density at radius 1 is 1.37 bits per heavy atom. The molecule has 4 heteroatoms. The van der Waals surface area contributed by atoms with E-state index in [0.717, 1.165) is 34.3 Å². The minimum Gasteiger partial charge on any atom is -0.478 e. The summed E-state index contributed by atoms with van der Waals surface area (Å²) in [5, 5.41) is 20.1. The maximum atomic E-state index is 11.2. The van der Waals surface area contributed by atoms with E-state index in [0.29, 0.717) is 5.56 Å². The number of aromatic carboxylic acids is 1.